The van der Waals surface area contributed by atoms with Gasteiger partial charge in [0, 0.05) is 10.2 Å². The monoisotopic (exact) mass is 373 g/mol. The summed E-state index contributed by atoms with van der Waals surface area (Å²) in [5.41, 5.74) is 1.78. The maximum absolute atomic E-state index is 12.4. The van der Waals surface area contributed by atoms with Gasteiger partial charge >= 0.3 is 0 Å². The van der Waals surface area contributed by atoms with Gasteiger partial charge in [-0.25, -0.2) is 0 Å². The van der Waals surface area contributed by atoms with Crippen molar-refractivity contribution < 1.29 is 9.53 Å². The molecule has 0 saturated heterocycles. The minimum Gasteiger partial charge on any atom is -0.494 e. The lowest BCUT2D eigenvalue weighted by atomic mass is 10.2. The van der Waals surface area contributed by atoms with Gasteiger partial charge in [-0.3, -0.25) is 4.79 Å². The molecule has 0 aliphatic carbocycles. The van der Waals surface area contributed by atoms with Gasteiger partial charge in [-0.05, 0) is 56.7 Å². The molecule has 0 spiro atoms. The second-order valence-electron chi connectivity index (χ2n) is 4.57. The van der Waals surface area contributed by atoms with Crippen LogP contribution in [0.4, 0.5) is 5.69 Å². The molecular formula is C15H12BrN5O2. The number of amides is 1. The first kappa shape index (κ1) is 15.2. The fourth-order valence-corrected chi connectivity index (χ4v) is 2.53. The predicted molar refractivity (Wildman–Crippen MR) is 87.8 cm³/mol. The van der Waals surface area contributed by atoms with E-state index in [1.54, 1.807) is 37.4 Å². The second-order valence-corrected chi connectivity index (χ2v) is 5.43. The number of nitrogens with zero attached hydrogens (tertiary/aromatic N) is 4. The van der Waals surface area contributed by atoms with Crippen LogP contribution in [-0.4, -0.2) is 33.2 Å². The quantitative estimate of drug-likeness (QED) is 0.760. The zero-order chi connectivity index (χ0) is 16.2. The summed E-state index contributed by atoms with van der Waals surface area (Å²) < 4.78 is 7.49. The molecule has 1 aromatic heterocycles. The van der Waals surface area contributed by atoms with Crippen molar-refractivity contribution in [2.45, 2.75) is 0 Å². The van der Waals surface area contributed by atoms with Gasteiger partial charge in [-0.1, -0.05) is 12.1 Å². The summed E-state index contributed by atoms with van der Waals surface area (Å²) in [6.07, 6.45) is 1.46. The fourth-order valence-electron chi connectivity index (χ4n) is 2.06. The standard InChI is InChI=1S/C15H12BrN5O2/c1-23-14-7-6-10(8-13(14)21-9-17-19-20-21)18-15(22)11-4-2-3-5-12(11)16/h2-9H,1H3,(H,18,22). The van der Waals surface area contributed by atoms with Crippen LogP contribution in [0.3, 0.4) is 0 Å². The highest BCUT2D eigenvalue weighted by Crippen LogP contribution is 2.26. The third-order valence-electron chi connectivity index (χ3n) is 3.15. The molecule has 7 nitrogen and oxygen atoms in total. The smallest absolute Gasteiger partial charge is 0.256 e. The lowest BCUT2D eigenvalue weighted by Crippen LogP contribution is -2.13. The normalized spacial score (nSPS) is 10.3. The zero-order valence-electron chi connectivity index (χ0n) is 12.1. The third kappa shape index (κ3) is 3.21. The molecule has 0 unspecified atom stereocenters. The predicted octanol–water partition coefficient (Wildman–Crippen LogP) is 2.69. The van der Waals surface area contributed by atoms with Crippen LogP contribution in [0.2, 0.25) is 0 Å². The van der Waals surface area contributed by atoms with E-state index in [4.69, 9.17) is 4.74 Å². The van der Waals surface area contributed by atoms with Gasteiger partial charge in [0.05, 0.1) is 12.7 Å². The maximum Gasteiger partial charge on any atom is 0.256 e. The molecule has 0 aliphatic heterocycles. The number of nitrogens with one attached hydrogen (secondary N) is 1. The summed E-state index contributed by atoms with van der Waals surface area (Å²) in [6, 6.07) is 12.4. The summed E-state index contributed by atoms with van der Waals surface area (Å²) in [7, 11) is 1.56. The van der Waals surface area contributed by atoms with E-state index in [0.717, 1.165) is 4.47 Å². The van der Waals surface area contributed by atoms with Crippen LogP contribution in [0, 0.1) is 0 Å². The highest BCUT2D eigenvalue weighted by atomic mass is 79.9. The Labute approximate surface area is 140 Å². The first-order chi connectivity index (χ1) is 11.2. The molecule has 0 aliphatic rings. The first-order valence-corrected chi connectivity index (χ1v) is 7.45. The minimum atomic E-state index is -0.217. The molecule has 23 heavy (non-hydrogen) atoms. The molecule has 2 aromatic carbocycles. The first-order valence-electron chi connectivity index (χ1n) is 6.66. The number of halogens is 1. The fraction of sp³-hybridized carbons (Fsp3) is 0.0667. The van der Waals surface area contributed by atoms with Crippen molar-refractivity contribution in [1.82, 2.24) is 20.2 Å². The molecule has 1 amide bonds. The number of hydrogen-bond donors (Lipinski definition) is 1. The highest BCUT2D eigenvalue weighted by Gasteiger charge is 2.12. The Morgan fingerprint density at radius 1 is 1.26 bits per heavy atom. The van der Waals surface area contributed by atoms with E-state index in [9.17, 15) is 4.79 Å². The van der Waals surface area contributed by atoms with Crippen LogP contribution < -0.4 is 10.1 Å². The molecule has 0 bridgehead atoms. The second kappa shape index (κ2) is 6.57. The van der Waals surface area contributed by atoms with Crippen LogP contribution in [-0.2, 0) is 0 Å². The molecular weight excluding hydrogens is 362 g/mol. The van der Waals surface area contributed by atoms with E-state index < -0.39 is 0 Å². The van der Waals surface area contributed by atoms with Gasteiger partial charge < -0.3 is 10.1 Å². The van der Waals surface area contributed by atoms with Gasteiger partial charge in [0.1, 0.15) is 17.8 Å². The number of rotatable bonds is 4. The van der Waals surface area contributed by atoms with Crippen molar-refractivity contribution in [2.75, 3.05) is 12.4 Å². The molecule has 3 rings (SSSR count). The number of benzene rings is 2. The van der Waals surface area contributed by atoms with Gasteiger partial charge in [0.2, 0.25) is 0 Å². The highest BCUT2D eigenvalue weighted by molar-refractivity contribution is 9.10. The SMILES string of the molecule is COc1ccc(NC(=O)c2ccccc2Br)cc1-n1cnnn1. The molecule has 8 heteroatoms. The summed E-state index contributed by atoms with van der Waals surface area (Å²) in [6.45, 7) is 0. The van der Waals surface area contributed by atoms with E-state index in [1.807, 2.05) is 12.1 Å². The summed E-state index contributed by atoms with van der Waals surface area (Å²) >= 11 is 3.37. The maximum atomic E-state index is 12.4. The van der Waals surface area contributed by atoms with Gasteiger partial charge in [-0.2, -0.15) is 4.68 Å². The number of aromatic nitrogens is 4. The minimum absolute atomic E-state index is 0.217. The Hall–Kier alpha value is -2.74. The Morgan fingerprint density at radius 2 is 2.09 bits per heavy atom. The summed E-state index contributed by atoms with van der Waals surface area (Å²) in [5.74, 6) is 0.376. The average Bonchev–Trinajstić information content (AvgIpc) is 3.09. The molecule has 0 radical (unpaired) electrons. The van der Waals surface area contributed by atoms with Gasteiger partial charge in [0.15, 0.2) is 0 Å². The van der Waals surface area contributed by atoms with Crippen molar-refractivity contribution in [3.63, 3.8) is 0 Å². The lowest BCUT2D eigenvalue weighted by molar-refractivity contribution is 0.102. The van der Waals surface area contributed by atoms with E-state index >= 15 is 0 Å². The number of hydrogen-bond acceptors (Lipinski definition) is 5. The van der Waals surface area contributed by atoms with Crippen molar-refractivity contribution in [3.8, 4) is 11.4 Å². The molecule has 0 saturated carbocycles. The zero-order valence-corrected chi connectivity index (χ0v) is 13.7. The Bertz CT molecular complexity index is 836. The van der Waals surface area contributed by atoms with E-state index in [1.165, 1.54) is 11.0 Å². The van der Waals surface area contributed by atoms with E-state index in [-0.39, 0.29) is 5.91 Å². The van der Waals surface area contributed by atoms with Crippen molar-refractivity contribution in [3.05, 3.63) is 58.8 Å². The van der Waals surface area contributed by atoms with Crippen molar-refractivity contribution in [2.24, 2.45) is 0 Å². The molecule has 1 heterocycles. The van der Waals surface area contributed by atoms with Crippen molar-refractivity contribution in [1.29, 1.82) is 0 Å². The van der Waals surface area contributed by atoms with Crippen LogP contribution in [0.5, 0.6) is 5.75 Å². The van der Waals surface area contributed by atoms with Crippen LogP contribution >= 0.6 is 15.9 Å². The van der Waals surface area contributed by atoms with Crippen LogP contribution in [0.1, 0.15) is 10.4 Å². The molecule has 0 fully saturated rings. The Balaban J connectivity index is 1.91. The number of ether oxygens (including phenoxy) is 1. The molecule has 1 N–H and O–H groups in total. The number of carbonyl (C=O) groups excluding carboxylic acids is 1. The van der Waals surface area contributed by atoms with Gasteiger partial charge in [0.25, 0.3) is 5.91 Å². The Morgan fingerprint density at radius 3 is 2.78 bits per heavy atom. The largest absolute Gasteiger partial charge is 0.494 e. The van der Waals surface area contributed by atoms with Crippen LogP contribution in [0.25, 0.3) is 5.69 Å². The Kier molecular flexibility index (Phi) is 4.33. The summed E-state index contributed by atoms with van der Waals surface area (Å²) in [4.78, 5) is 12.4. The van der Waals surface area contributed by atoms with Crippen LogP contribution in [0.15, 0.2) is 53.3 Å². The molecule has 116 valence electrons. The number of methoxy groups -OCH3 is 1. The van der Waals surface area contributed by atoms with Crippen molar-refractivity contribution >= 4 is 27.5 Å². The number of carbonyl (C=O) groups is 1. The lowest BCUT2D eigenvalue weighted by Gasteiger charge is -2.11. The van der Waals surface area contributed by atoms with E-state index in [0.29, 0.717) is 22.7 Å². The summed E-state index contributed by atoms with van der Waals surface area (Å²) in [5, 5.41) is 13.9. The number of tetrazole rings is 1. The van der Waals surface area contributed by atoms with Gasteiger partial charge in [-0.15, -0.1) is 5.10 Å². The topological polar surface area (TPSA) is 81.9 Å². The average molecular weight is 374 g/mol. The number of anilines is 1. The third-order valence-corrected chi connectivity index (χ3v) is 3.84. The molecule has 3 aromatic rings. The van der Waals surface area contributed by atoms with E-state index in [2.05, 4.69) is 36.8 Å². The molecule has 0 atom stereocenters.